The summed E-state index contributed by atoms with van der Waals surface area (Å²) >= 11 is 0. The maximum Gasteiger partial charge on any atom is 0.272 e. The van der Waals surface area contributed by atoms with Crippen molar-refractivity contribution in [2.75, 3.05) is 11.9 Å². The van der Waals surface area contributed by atoms with Crippen LogP contribution >= 0.6 is 0 Å². The van der Waals surface area contributed by atoms with Gasteiger partial charge in [0.1, 0.15) is 0 Å². The Morgan fingerprint density at radius 2 is 1.82 bits per heavy atom. The summed E-state index contributed by atoms with van der Waals surface area (Å²) in [6.45, 7) is 0.705. The lowest BCUT2D eigenvalue weighted by molar-refractivity contribution is -0.121. The van der Waals surface area contributed by atoms with Crippen molar-refractivity contribution in [1.82, 2.24) is 10.2 Å². The number of aromatic amines is 1. The van der Waals surface area contributed by atoms with Crippen molar-refractivity contribution >= 4 is 22.4 Å². The molecule has 1 aliphatic carbocycles. The number of nitrogens with two attached hydrogens (primary N) is 1. The van der Waals surface area contributed by atoms with Gasteiger partial charge >= 0.3 is 0 Å². The second-order valence-corrected chi connectivity index (χ2v) is 7.47. The minimum Gasteiger partial charge on any atom is -0.330 e. The number of fused-ring (bicyclic) bond motifs is 1. The molecular weight excluding hydrogens is 352 g/mol. The summed E-state index contributed by atoms with van der Waals surface area (Å²) in [5.74, 6) is 0.650. The first-order valence-electron chi connectivity index (χ1n) is 9.74. The third-order valence-corrected chi connectivity index (χ3v) is 5.65. The van der Waals surface area contributed by atoms with Crippen LogP contribution in [0.1, 0.15) is 25.7 Å². The Balaban J connectivity index is 1.57. The number of carbonyl (C=O) groups is 1. The molecule has 3 aromatic rings. The molecule has 0 saturated heterocycles. The van der Waals surface area contributed by atoms with Gasteiger partial charge in [0.15, 0.2) is 0 Å². The van der Waals surface area contributed by atoms with Crippen LogP contribution < -0.4 is 16.6 Å². The third kappa shape index (κ3) is 3.68. The highest BCUT2D eigenvalue weighted by Crippen LogP contribution is 2.30. The molecule has 0 unspecified atom stereocenters. The van der Waals surface area contributed by atoms with Crippen LogP contribution in [0.2, 0.25) is 0 Å². The summed E-state index contributed by atoms with van der Waals surface area (Å²) in [5, 5.41) is 11.2. The lowest BCUT2D eigenvalue weighted by atomic mass is 9.81. The molecule has 4 rings (SSSR count). The van der Waals surface area contributed by atoms with Crippen LogP contribution in [0, 0.1) is 11.8 Å². The van der Waals surface area contributed by atoms with Gasteiger partial charge in [-0.25, -0.2) is 5.10 Å². The molecule has 0 radical (unpaired) electrons. The summed E-state index contributed by atoms with van der Waals surface area (Å²) in [5.41, 5.74) is 7.80. The molecule has 1 aromatic heterocycles. The van der Waals surface area contributed by atoms with Gasteiger partial charge < -0.3 is 11.1 Å². The fourth-order valence-corrected chi connectivity index (χ4v) is 3.98. The van der Waals surface area contributed by atoms with Gasteiger partial charge in [0, 0.05) is 22.6 Å². The maximum absolute atomic E-state index is 12.7. The lowest BCUT2D eigenvalue weighted by Crippen LogP contribution is -2.29. The standard InChI is InChI=1S/C22H24N4O2/c23-13-14-8-10-15(11-9-14)21(27)24-17-5-3-4-16(12-17)20-18-6-1-2-7-19(18)22(28)26-25-20/h1-7,12,14-15H,8-11,13,23H2,(H,24,27)(H,26,28)/t14-,15-. The van der Waals surface area contributed by atoms with Crippen molar-refractivity contribution < 1.29 is 4.79 Å². The highest BCUT2D eigenvalue weighted by atomic mass is 16.2. The molecule has 1 amide bonds. The average Bonchev–Trinajstić information content (AvgIpc) is 2.74. The van der Waals surface area contributed by atoms with Gasteiger partial charge in [-0.1, -0.05) is 30.3 Å². The van der Waals surface area contributed by atoms with Gasteiger partial charge in [0.25, 0.3) is 5.56 Å². The zero-order valence-electron chi connectivity index (χ0n) is 15.7. The number of nitrogens with one attached hydrogen (secondary N) is 2. The van der Waals surface area contributed by atoms with E-state index < -0.39 is 0 Å². The number of carbonyl (C=O) groups excluding carboxylic acids is 1. The predicted octanol–water partition coefficient (Wildman–Crippen LogP) is 3.29. The molecule has 0 bridgehead atoms. The summed E-state index contributed by atoms with van der Waals surface area (Å²) in [4.78, 5) is 24.7. The number of benzene rings is 2. The maximum atomic E-state index is 12.7. The van der Waals surface area contributed by atoms with E-state index in [2.05, 4.69) is 15.5 Å². The molecule has 1 fully saturated rings. The molecule has 6 heteroatoms. The number of nitrogens with zero attached hydrogens (tertiary/aromatic N) is 1. The van der Waals surface area contributed by atoms with E-state index in [0.29, 0.717) is 23.5 Å². The third-order valence-electron chi connectivity index (χ3n) is 5.65. The van der Waals surface area contributed by atoms with Gasteiger partial charge in [0.05, 0.1) is 11.1 Å². The van der Waals surface area contributed by atoms with E-state index in [1.54, 1.807) is 6.07 Å². The van der Waals surface area contributed by atoms with Crippen LogP contribution in [-0.4, -0.2) is 22.6 Å². The van der Waals surface area contributed by atoms with Crippen molar-refractivity contribution in [2.24, 2.45) is 17.6 Å². The van der Waals surface area contributed by atoms with E-state index in [-0.39, 0.29) is 17.4 Å². The highest BCUT2D eigenvalue weighted by Gasteiger charge is 2.25. The Morgan fingerprint density at radius 1 is 1.07 bits per heavy atom. The minimum atomic E-state index is -0.211. The van der Waals surface area contributed by atoms with E-state index in [1.807, 2.05) is 42.5 Å². The van der Waals surface area contributed by atoms with Gasteiger partial charge in [0.2, 0.25) is 5.91 Å². The Bertz CT molecular complexity index is 1050. The molecule has 4 N–H and O–H groups in total. The normalized spacial score (nSPS) is 19.5. The number of anilines is 1. The molecule has 2 aromatic carbocycles. The molecule has 1 aliphatic rings. The molecule has 1 saturated carbocycles. The average molecular weight is 376 g/mol. The van der Waals surface area contributed by atoms with Crippen molar-refractivity contribution in [2.45, 2.75) is 25.7 Å². The zero-order chi connectivity index (χ0) is 19.5. The van der Waals surface area contributed by atoms with E-state index in [1.165, 1.54) is 0 Å². The molecule has 0 spiro atoms. The van der Waals surface area contributed by atoms with E-state index in [0.717, 1.165) is 42.3 Å². The Hall–Kier alpha value is -2.99. The number of amides is 1. The van der Waals surface area contributed by atoms with E-state index in [4.69, 9.17) is 5.73 Å². The van der Waals surface area contributed by atoms with Gasteiger partial charge in [-0.15, -0.1) is 0 Å². The van der Waals surface area contributed by atoms with Crippen molar-refractivity contribution in [3.8, 4) is 11.3 Å². The van der Waals surface area contributed by atoms with E-state index >= 15 is 0 Å². The summed E-state index contributed by atoms with van der Waals surface area (Å²) in [7, 11) is 0. The molecule has 0 atom stereocenters. The molecule has 0 aliphatic heterocycles. The molecular formula is C22H24N4O2. The number of aromatic nitrogens is 2. The van der Waals surface area contributed by atoms with Gasteiger partial charge in [-0.05, 0) is 56.3 Å². The molecule has 6 nitrogen and oxygen atoms in total. The predicted molar refractivity (Wildman–Crippen MR) is 111 cm³/mol. The van der Waals surface area contributed by atoms with Crippen LogP contribution in [-0.2, 0) is 4.79 Å². The van der Waals surface area contributed by atoms with Gasteiger partial charge in [-0.3, -0.25) is 9.59 Å². The van der Waals surface area contributed by atoms with Gasteiger partial charge in [-0.2, -0.15) is 5.10 Å². The highest BCUT2D eigenvalue weighted by molar-refractivity contribution is 5.96. The first-order valence-corrected chi connectivity index (χ1v) is 9.74. The summed E-state index contributed by atoms with van der Waals surface area (Å²) < 4.78 is 0. The van der Waals surface area contributed by atoms with Crippen LogP contribution in [0.25, 0.3) is 22.0 Å². The number of hydrogen-bond donors (Lipinski definition) is 3. The number of hydrogen-bond acceptors (Lipinski definition) is 4. The SMILES string of the molecule is NC[C@H]1CC[C@H](C(=O)Nc2cccc(-c3n[nH]c(=O)c4ccccc34)c2)CC1. The van der Waals surface area contributed by atoms with Crippen LogP contribution in [0.4, 0.5) is 5.69 Å². The molecule has 1 heterocycles. The molecule has 28 heavy (non-hydrogen) atoms. The van der Waals surface area contributed by atoms with Crippen LogP contribution in [0.15, 0.2) is 53.3 Å². The van der Waals surface area contributed by atoms with E-state index in [9.17, 15) is 9.59 Å². The first kappa shape index (κ1) is 18.4. The Kier molecular flexibility index (Phi) is 5.21. The zero-order valence-corrected chi connectivity index (χ0v) is 15.7. The monoisotopic (exact) mass is 376 g/mol. The fourth-order valence-electron chi connectivity index (χ4n) is 3.98. The second kappa shape index (κ2) is 7.94. The smallest absolute Gasteiger partial charge is 0.272 e. The van der Waals surface area contributed by atoms with Crippen molar-refractivity contribution in [3.05, 3.63) is 58.9 Å². The van der Waals surface area contributed by atoms with Crippen LogP contribution in [0.3, 0.4) is 0 Å². The Labute approximate surface area is 163 Å². The largest absolute Gasteiger partial charge is 0.330 e. The number of rotatable bonds is 4. The fraction of sp³-hybridized carbons (Fsp3) is 0.318. The quantitative estimate of drug-likeness (QED) is 0.650. The lowest BCUT2D eigenvalue weighted by Gasteiger charge is -2.26. The Morgan fingerprint density at radius 3 is 2.57 bits per heavy atom. The van der Waals surface area contributed by atoms with Crippen LogP contribution in [0.5, 0.6) is 0 Å². The van der Waals surface area contributed by atoms with Crippen molar-refractivity contribution in [3.63, 3.8) is 0 Å². The number of H-pyrrole nitrogens is 1. The minimum absolute atomic E-state index is 0.0403. The topological polar surface area (TPSA) is 101 Å². The first-order chi connectivity index (χ1) is 13.7. The second-order valence-electron chi connectivity index (χ2n) is 7.47. The molecule has 144 valence electrons. The summed E-state index contributed by atoms with van der Waals surface area (Å²) in [6, 6.07) is 15.0. The summed E-state index contributed by atoms with van der Waals surface area (Å²) in [6.07, 6.45) is 3.81. The van der Waals surface area contributed by atoms with Crippen molar-refractivity contribution in [1.29, 1.82) is 0 Å².